The summed E-state index contributed by atoms with van der Waals surface area (Å²) in [5, 5.41) is 10.2. The minimum Gasteiger partial charge on any atom is -0.438 e. The molecule has 1 N–H and O–H groups in total. The Labute approximate surface area is 144 Å². The molecule has 1 atom stereocenters. The van der Waals surface area contributed by atoms with E-state index in [1.807, 2.05) is 6.07 Å². The highest BCUT2D eigenvalue weighted by molar-refractivity contribution is 5.98. The molecule has 0 aliphatic heterocycles. The Morgan fingerprint density at radius 1 is 1.04 bits per heavy atom. The first-order valence-electron chi connectivity index (χ1n) is 7.78. The molecule has 0 aliphatic carbocycles. The van der Waals surface area contributed by atoms with Crippen molar-refractivity contribution < 1.29 is 19.0 Å². The quantitative estimate of drug-likeness (QED) is 0.681. The first kappa shape index (κ1) is 16.8. The summed E-state index contributed by atoms with van der Waals surface area (Å²) >= 11 is 0. The van der Waals surface area contributed by atoms with E-state index in [1.54, 1.807) is 36.4 Å². The fourth-order valence-corrected chi connectivity index (χ4v) is 2.38. The zero-order valence-corrected chi connectivity index (χ0v) is 13.3. The van der Waals surface area contributed by atoms with Gasteiger partial charge in [-0.05, 0) is 42.0 Å². The van der Waals surface area contributed by atoms with Crippen molar-refractivity contribution in [3.8, 4) is 11.6 Å². The van der Waals surface area contributed by atoms with Gasteiger partial charge in [-0.3, -0.25) is 4.79 Å². The van der Waals surface area contributed by atoms with Crippen molar-refractivity contribution in [1.82, 2.24) is 4.98 Å². The number of benzene rings is 2. The maximum Gasteiger partial charge on any atom is 0.230 e. The number of aliphatic hydroxyl groups is 1. The average Bonchev–Trinajstić information content (AvgIpc) is 2.64. The topological polar surface area (TPSA) is 59.4 Å². The molecule has 1 unspecified atom stereocenters. The summed E-state index contributed by atoms with van der Waals surface area (Å²) < 4.78 is 18.6. The Balaban J connectivity index is 1.77. The smallest absolute Gasteiger partial charge is 0.230 e. The number of carbonyl (C=O) groups is 1. The lowest BCUT2D eigenvalue weighted by molar-refractivity contribution is 0.0877. The molecule has 0 aliphatic rings. The minimum atomic E-state index is -0.910. The van der Waals surface area contributed by atoms with E-state index in [-0.39, 0.29) is 29.5 Å². The molecular weight excluding hydrogens is 321 g/mol. The highest BCUT2D eigenvalue weighted by Crippen LogP contribution is 2.26. The summed E-state index contributed by atoms with van der Waals surface area (Å²) in [5.41, 5.74) is 0.933. The zero-order chi connectivity index (χ0) is 17.6. The molecule has 3 rings (SSSR count). The summed E-state index contributed by atoms with van der Waals surface area (Å²) in [4.78, 5) is 16.6. The summed E-state index contributed by atoms with van der Waals surface area (Å²) in [6.45, 7) is 0. The van der Waals surface area contributed by atoms with Crippen LogP contribution < -0.4 is 4.74 Å². The number of Topliss-reactive ketones (excluding diaryl/α,β-unsaturated/α-hetero) is 1. The number of pyridine rings is 1. The molecule has 0 fully saturated rings. The number of aromatic nitrogens is 1. The Kier molecular flexibility index (Phi) is 5.16. The number of carbonyl (C=O) groups excluding carboxylic acids is 1. The second kappa shape index (κ2) is 7.68. The van der Waals surface area contributed by atoms with Crippen molar-refractivity contribution in [2.24, 2.45) is 0 Å². The monoisotopic (exact) mass is 337 g/mol. The standard InChI is InChI=1S/C20H16FNO3/c21-15-8-10-16(11-9-15)25-20-17(7-4-12-22-20)19(24)13-18(23)14-5-2-1-3-6-14/h1-12,18,23H,13H2. The number of ketones is 1. The van der Waals surface area contributed by atoms with Crippen LogP contribution >= 0.6 is 0 Å². The first-order chi connectivity index (χ1) is 12.1. The summed E-state index contributed by atoms with van der Waals surface area (Å²) in [6, 6.07) is 17.6. The molecule has 5 heteroatoms. The molecule has 1 heterocycles. The predicted molar refractivity (Wildman–Crippen MR) is 91.1 cm³/mol. The van der Waals surface area contributed by atoms with E-state index in [1.165, 1.54) is 30.5 Å². The molecular formula is C20H16FNO3. The predicted octanol–water partition coefficient (Wildman–Crippen LogP) is 4.32. The highest BCUT2D eigenvalue weighted by Gasteiger charge is 2.19. The number of hydrogen-bond acceptors (Lipinski definition) is 4. The van der Waals surface area contributed by atoms with Crippen molar-refractivity contribution in [2.45, 2.75) is 12.5 Å². The molecule has 0 amide bonds. The van der Waals surface area contributed by atoms with Gasteiger partial charge in [0, 0.05) is 12.6 Å². The Bertz CT molecular complexity index is 850. The third-order valence-electron chi connectivity index (χ3n) is 3.66. The molecule has 2 aromatic carbocycles. The van der Waals surface area contributed by atoms with Crippen LogP contribution in [0.15, 0.2) is 72.9 Å². The van der Waals surface area contributed by atoms with Crippen molar-refractivity contribution in [2.75, 3.05) is 0 Å². The van der Waals surface area contributed by atoms with E-state index in [0.29, 0.717) is 11.3 Å². The van der Waals surface area contributed by atoms with Crippen LogP contribution in [-0.2, 0) is 0 Å². The second-order valence-electron chi connectivity index (χ2n) is 5.47. The van der Waals surface area contributed by atoms with Gasteiger partial charge in [-0.15, -0.1) is 0 Å². The molecule has 3 aromatic rings. The highest BCUT2D eigenvalue weighted by atomic mass is 19.1. The third-order valence-corrected chi connectivity index (χ3v) is 3.66. The van der Waals surface area contributed by atoms with E-state index < -0.39 is 6.10 Å². The average molecular weight is 337 g/mol. The van der Waals surface area contributed by atoms with Crippen molar-refractivity contribution >= 4 is 5.78 Å². The van der Waals surface area contributed by atoms with Gasteiger partial charge in [0.1, 0.15) is 11.6 Å². The molecule has 1 aromatic heterocycles. The molecule has 0 radical (unpaired) electrons. The van der Waals surface area contributed by atoms with Gasteiger partial charge in [0.15, 0.2) is 5.78 Å². The second-order valence-corrected chi connectivity index (χ2v) is 5.47. The Hall–Kier alpha value is -3.05. The molecule has 0 saturated heterocycles. The van der Waals surface area contributed by atoms with Crippen LogP contribution in [0.3, 0.4) is 0 Å². The van der Waals surface area contributed by atoms with Crippen LogP contribution in [0.5, 0.6) is 11.6 Å². The number of rotatable bonds is 6. The van der Waals surface area contributed by atoms with Crippen molar-refractivity contribution in [1.29, 1.82) is 0 Å². The van der Waals surface area contributed by atoms with Crippen molar-refractivity contribution in [3.05, 3.63) is 89.9 Å². The number of nitrogens with zero attached hydrogens (tertiary/aromatic N) is 1. The lowest BCUT2D eigenvalue weighted by Gasteiger charge is -2.12. The normalized spacial score (nSPS) is 11.8. The van der Waals surface area contributed by atoms with Gasteiger partial charge in [0.05, 0.1) is 11.7 Å². The van der Waals surface area contributed by atoms with E-state index in [9.17, 15) is 14.3 Å². The van der Waals surface area contributed by atoms with Gasteiger partial charge in [0.25, 0.3) is 0 Å². The van der Waals surface area contributed by atoms with E-state index in [2.05, 4.69) is 4.98 Å². The van der Waals surface area contributed by atoms with Crippen LogP contribution in [0.4, 0.5) is 4.39 Å². The maximum atomic E-state index is 13.0. The molecule has 0 bridgehead atoms. The third kappa shape index (κ3) is 4.28. The lowest BCUT2D eigenvalue weighted by atomic mass is 10.0. The molecule has 4 nitrogen and oxygen atoms in total. The number of halogens is 1. The fraction of sp³-hybridized carbons (Fsp3) is 0.100. The number of aliphatic hydroxyl groups excluding tert-OH is 1. The van der Waals surface area contributed by atoms with E-state index in [4.69, 9.17) is 4.74 Å². The first-order valence-corrected chi connectivity index (χ1v) is 7.78. The van der Waals surface area contributed by atoms with Gasteiger partial charge < -0.3 is 9.84 Å². The van der Waals surface area contributed by atoms with Crippen LogP contribution in [0, 0.1) is 5.82 Å². The Morgan fingerprint density at radius 2 is 1.76 bits per heavy atom. The Morgan fingerprint density at radius 3 is 2.48 bits per heavy atom. The summed E-state index contributed by atoms with van der Waals surface area (Å²) in [6.07, 6.45) is 0.506. The SMILES string of the molecule is O=C(CC(O)c1ccccc1)c1cccnc1Oc1ccc(F)cc1. The largest absolute Gasteiger partial charge is 0.438 e. The van der Waals surface area contributed by atoms with Crippen molar-refractivity contribution in [3.63, 3.8) is 0 Å². The van der Waals surface area contributed by atoms with Crippen LogP contribution in [0.25, 0.3) is 0 Å². The van der Waals surface area contributed by atoms with Gasteiger partial charge in [0.2, 0.25) is 5.88 Å². The van der Waals surface area contributed by atoms with Crippen LogP contribution in [0.1, 0.15) is 28.4 Å². The van der Waals surface area contributed by atoms with Gasteiger partial charge >= 0.3 is 0 Å². The number of ether oxygens (including phenoxy) is 1. The number of hydrogen-bond donors (Lipinski definition) is 1. The summed E-state index contributed by atoms with van der Waals surface area (Å²) in [5.74, 6) is -0.172. The van der Waals surface area contributed by atoms with E-state index >= 15 is 0 Å². The summed E-state index contributed by atoms with van der Waals surface area (Å²) in [7, 11) is 0. The van der Waals surface area contributed by atoms with Crippen LogP contribution in [0.2, 0.25) is 0 Å². The zero-order valence-electron chi connectivity index (χ0n) is 13.3. The molecule has 126 valence electrons. The molecule has 25 heavy (non-hydrogen) atoms. The van der Waals surface area contributed by atoms with Gasteiger partial charge in [-0.25, -0.2) is 9.37 Å². The molecule has 0 spiro atoms. The minimum absolute atomic E-state index is 0.0878. The van der Waals surface area contributed by atoms with Crippen LogP contribution in [-0.4, -0.2) is 15.9 Å². The van der Waals surface area contributed by atoms with Gasteiger partial charge in [-0.1, -0.05) is 30.3 Å². The fourth-order valence-electron chi connectivity index (χ4n) is 2.38. The van der Waals surface area contributed by atoms with Gasteiger partial charge in [-0.2, -0.15) is 0 Å². The maximum absolute atomic E-state index is 13.0. The van der Waals surface area contributed by atoms with E-state index in [0.717, 1.165) is 0 Å². The molecule has 0 saturated carbocycles. The lowest BCUT2D eigenvalue weighted by Crippen LogP contribution is -2.09.